The smallest absolute Gasteiger partial charge is 0.167 e. The zero-order valence-electron chi connectivity index (χ0n) is 10.7. The van der Waals surface area contributed by atoms with E-state index in [9.17, 15) is 10.2 Å². The summed E-state index contributed by atoms with van der Waals surface area (Å²) in [7, 11) is 0. The lowest BCUT2D eigenvalue weighted by Crippen LogP contribution is -2.31. The summed E-state index contributed by atoms with van der Waals surface area (Å²) in [6.45, 7) is -0.388. The lowest BCUT2D eigenvalue weighted by Gasteiger charge is -2.16. The molecule has 11 heteroatoms. The molecule has 1 fully saturated rings. The van der Waals surface area contributed by atoms with Gasteiger partial charge < -0.3 is 20.7 Å². The number of nitrogen functional groups attached to an aromatic ring is 1. The van der Waals surface area contributed by atoms with Crippen molar-refractivity contribution >= 4 is 17.0 Å². The highest BCUT2D eigenvalue weighted by Gasteiger charge is 2.44. The van der Waals surface area contributed by atoms with Crippen molar-refractivity contribution in [2.45, 2.75) is 24.5 Å². The van der Waals surface area contributed by atoms with Crippen LogP contribution in [0.1, 0.15) is 6.23 Å². The van der Waals surface area contributed by atoms with Crippen LogP contribution in [0.5, 0.6) is 0 Å². The predicted octanol–water partition coefficient (Wildman–Crippen LogP) is -0.662. The fourth-order valence-corrected chi connectivity index (χ4v) is 2.37. The van der Waals surface area contributed by atoms with Crippen molar-refractivity contribution in [1.82, 2.24) is 19.5 Å². The van der Waals surface area contributed by atoms with Crippen LogP contribution < -0.4 is 5.73 Å². The molecule has 21 heavy (non-hydrogen) atoms. The third-order valence-electron chi connectivity index (χ3n) is 3.36. The molecule has 11 nitrogen and oxygen atoms in total. The molecule has 0 amide bonds. The van der Waals surface area contributed by atoms with E-state index in [0.717, 1.165) is 0 Å². The molecule has 1 aliphatic heterocycles. The molecule has 2 aromatic rings. The lowest BCUT2D eigenvalue weighted by molar-refractivity contribution is -0.0488. The SMILES string of the molecule is [N-]=[N+]=N[C@@H]1[C@@H](CO)OC(n2cnc3c(N)ncnc32)[C@@H]1O. The van der Waals surface area contributed by atoms with Crippen LogP contribution in [0.15, 0.2) is 17.8 Å². The number of fused-ring (bicyclic) bond motifs is 1. The molecule has 3 rings (SSSR count). The third-order valence-corrected chi connectivity index (χ3v) is 3.36. The molecule has 2 aromatic heterocycles. The van der Waals surface area contributed by atoms with Gasteiger partial charge in [0, 0.05) is 4.91 Å². The second-order valence-electron chi connectivity index (χ2n) is 4.52. The molecule has 1 saturated heterocycles. The van der Waals surface area contributed by atoms with Crippen molar-refractivity contribution in [1.29, 1.82) is 0 Å². The minimum atomic E-state index is -1.15. The van der Waals surface area contributed by atoms with Gasteiger partial charge in [-0.25, -0.2) is 15.0 Å². The molecular weight excluding hydrogens is 280 g/mol. The van der Waals surface area contributed by atoms with Gasteiger partial charge in [0.2, 0.25) is 0 Å². The van der Waals surface area contributed by atoms with E-state index < -0.39 is 24.5 Å². The number of ether oxygens (including phenoxy) is 1. The summed E-state index contributed by atoms with van der Waals surface area (Å²) in [6.07, 6.45) is -0.177. The average molecular weight is 292 g/mol. The second-order valence-corrected chi connectivity index (χ2v) is 4.52. The number of imidazole rings is 1. The summed E-state index contributed by atoms with van der Waals surface area (Å²) in [5.41, 5.74) is 15.0. The Morgan fingerprint density at radius 2 is 2.29 bits per heavy atom. The summed E-state index contributed by atoms with van der Waals surface area (Å²) in [5, 5.41) is 23.0. The molecule has 4 N–H and O–H groups in total. The summed E-state index contributed by atoms with van der Waals surface area (Å²) >= 11 is 0. The lowest BCUT2D eigenvalue weighted by atomic mass is 10.1. The van der Waals surface area contributed by atoms with E-state index in [1.165, 1.54) is 17.2 Å². The Bertz CT molecular complexity index is 711. The molecule has 110 valence electrons. The monoisotopic (exact) mass is 292 g/mol. The highest BCUT2D eigenvalue weighted by atomic mass is 16.5. The Morgan fingerprint density at radius 3 is 3.00 bits per heavy atom. The number of anilines is 1. The number of nitrogens with two attached hydrogens (primary N) is 1. The largest absolute Gasteiger partial charge is 0.394 e. The first kappa shape index (κ1) is 13.5. The van der Waals surface area contributed by atoms with E-state index in [1.54, 1.807) is 0 Å². The maximum Gasteiger partial charge on any atom is 0.167 e. The normalized spacial score (nSPS) is 28.7. The fraction of sp³-hybridized carbons (Fsp3) is 0.500. The van der Waals surface area contributed by atoms with Gasteiger partial charge in [0.1, 0.15) is 17.9 Å². The quantitative estimate of drug-likeness (QED) is 0.383. The molecule has 0 spiro atoms. The molecule has 0 aromatic carbocycles. The molecule has 0 radical (unpaired) electrons. The number of azide groups is 1. The van der Waals surface area contributed by atoms with Crippen LogP contribution in [0.25, 0.3) is 21.6 Å². The van der Waals surface area contributed by atoms with Gasteiger partial charge in [-0.1, -0.05) is 5.11 Å². The number of hydrogen-bond donors (Lipinski definition) is 3. The Kier molecular flexibility index (Phi) is 3.31. The zero-order valence-corrected chi connectivity index (χ0v) is 10.7. The first-order chi connectivity index (χ1) is 10.2. The van der Waals surface area contributed by atoms with Gasteiger partial charge in [0.25, 0.3) is 0 Å². The maximum absolute atomic E-state index is 10.3. The number of rotatable bonds is 3. The molecule has 4 atom stereocenters. The Morgan fingerprint density at radius 1 is 1.48 bits per heavy atom. The first-order valence-corrected chi connectivity index (χ1v) is 6.09. The zero-order chi connectivity index (χ0) is 15.0. The van der Waals surface area contributed by atoms with Crippen LogP contribution in [-0.4, -0.2) is 54.6 Å². The van der Waals surface area contributed by atoms with Crippen LogP contribution in [0.4, 0.5) is 5.82 Å². The van der Waals surface area contributed by atoms with Crippen LogP contribution in [0.3, 0.4) is 0 Å². The number of aliphatic hydroxyl groups excluding tert-OH is 2. The van der Waals surface area contributed by atoms with Crippen molar-refractivity contribution < 1.29 is 14.9 Å². The minimum absolute atomic E-state index is 0.205. The Hall–Kier alpha value is -2.46. The molecule has 1 aliphatic rings. The topological polar surface area (TPSA) is 168 Å². The van der Waals surface area contributed by atoms with E-state index in [0.29, 0.717) is 11.2 Å². The Labute approximate surface area is 117 Å². The van der Waals surface area contributed by atoms with E-state index in [-0.39, 0.29) is 12.4 Å². The average Bonchev–Trinajstić information content (AvgIpc) is 3.03. The third kappa shape index (κ3) is 2.04. The van der Waals surface area contributed by atoms with Crippen molar-refractivity contribution in [2.24, 2.45) is 5.11 Å². The standard InChI is InChI=1S/C10H12N8O3/c11-8-6-9(14-2-13-8)18(3-15-6)10-7(20)5(16-17-12)4(1-19)21-10/h2-5,7,10,19-20H,1H2,(H2,11,13,14)/t4-,5-,7-,10?/m1/s1. The van der Waals surface area contributed by atoms with Gasteiger partial charge in [-0.3, -0.25) is 4.57 Å². The van der Waals surface area contributed by atoms with E-state index in [4.69, 9.17) is 16.0 Å². The predicted molar refractivity (Wildman–Crippen MR) is 69.7 cm³/mol. The van der Waals surface area contributed by atoms with Gasteiger partial charge in [0.05, 0.1) is 25.1 Å². The summed E-state index contributed by atoms with van der Waals surface area (Å²) < 4.78 is 7.00. The first-order valence-electron chi connectivity index (χ1n) is 6.09. The number of nitrogens with zero attached hydrogens (tertiary/aromatic N) is 7. The molecule has 0 aliphatic carbocycles. The van der Waals surface area contributed by atoms with Crippen LogP contribution in [0.2, 0.25) is 0 Å². The number of hydrogen-bond acceptors (Lipinski definition) is 8. The van der Waals surface area contributed by atoms with Crippen molar-refractivity contribution in [3.8, 4) is 0 Å². The summed E-state index contributed by atoms with van der Waals surface area (Å²) in [5.74, 6) is 0.205. The fourth-order valence-electron chi connectivity index (χ4n) is 2.37. The van der Waals surface area contributed by atoms with E-state index in [2.05, 4.69) is 25.0 Å². The number of aromatic nitrogens is 4. The van der Waals surface area contributed by atoms with Gasteiger partial charge in [0.15, 0.2) is 17.7 Å². The van der Waals surface area contributed by atoms with Crippen LogP contribution in [0, 0.1) is 0 Å². The summed E-state index contributed by atoms with van der Waals surface area (Å²) in [4.78, 5) is 14.6. The Balaban J connectivity index is 2.03. The maximum atomic E-state index is 10.3. The number of aliphatic hydroxyl groups is 2. The van der Waals surface area contributed by atoms with Gasteiger partial charge in [-0.15, -0.1) is 0 Å². The minimum Gasteiger partial charge on any atom is -0.394 e. The molecule has 1 unspecified atom stereocenters. The van der Waals surface area contributed by atoms with Crippen LogP contribution >= 0.6 is 0 Å². The van der Waals surface area contributed by atoms with E-state index in [1.807, 2.05) is 0 Å². The molecule has 0 bridgehead atoms. The molecule has 0 saturated carbocycles. The van der Waals surface area contributed by atoms with Gasteiger partial charge in [-0.2, -0.15) is 0 Å². The van der Waals surface area contributed by atoms with Gasteiger partial charge in [-0.05, 0) is 5.53 Å². The second kappa shape index (κ2) is 5.14. The molecular formula is C10H12N8O3. The van der Waals surface area contributed by atoms with Crippen molar-refractivity contribution in [2.75, 3.05) is 12.3 Å². The van der Waals surface area contributed by atoms with Gasteiger partial charge >= 0.3 is 0 Å². The van der Waals surface area contributed by atoms with Crippen LogP contribution in [-0.2, 0) is 4.74 Å². The van der Waals surface area contributed by atoms with Crippen molar-refractivity contribution in [3.63, 3.8) is 0 Å². The van der Waals surface area contributed by atoms with Crippen molar-refractivity contribution in [3.05, 3.63) is 23.1 Å². The molecule has 3 heterocycles. The summed E-state index contributed by atoms with van der Waals surface area (Å²) in [6, 6.07) is -0.901. The highest BCUT2D eigenvalue weighted by Crippen LogP contribution is 2.33. The van der Waals surface area contributed by atoms with E-state index >= 15 is 0 Å². The highest BCUT2D eigenvalue weighted by molar-refractivity contribution is 5.81.